The standard InChI is InChI=1S/C13H26N4/c1-11-10-17(9-8-16(11)2)13(14)15-12-6-4-3-5-7-12/h11-12H,3-10H2,1-2H3,(H2,14,15). The van der Waals surface area contributed by atoms with E-state index in [4.69, 9.17) is 10.7 Å². The lowest BCUT2D eigenvalue weighted by molar-refractivity contribution is 0.151. The van der Waals surface area contributed by atoms with E-state index >= 15 is 0 Å². The van der Waals surface area contributed by atoms with Gasteiger partial charge < -0.3 is 15.5 Å². The summed E-state index contributed by atoms with van der Waals surface area (Å²) in [6.07, 6.45) is 6.46. The maximum absolute atomic E-state index is 6.14. The minimum absolute atomic E-state index is 0.485. The van der Waals surface area contributed by atoms with Crippen LogP contribution in [0.3, 0.4) is 0 Å². The molecule has 4 heteroatoms. The molecule has 2 rings (SSSR count). The van der Waals surface area contributed by atoms with Gasteiger partial charge >= 0.3 is 0 Å². The maximum Gasteiger partial charge on any atom is 0.191 e. The van der Waals surface area contributed by atoms with Crippen LogP contribution in [0, 0.1) is 0 Å². The fourth-order valence-electron chi connectivity index (χ4n) is 2.74. The van der Waals surface area contributed by atoms with Crippen molar-refractivity contribution in [1.29, 1.82) is 0 Å². The Kier molecular flexibility index (Phi) is 4.26. The summed E-state index contributed by atoms with van der Waals surface area (Å²) in [5.41, 5.74) is 6.14. The van der Waals surface area contributed by atoms with Crippen LogP contribution in [0.25, 0.3) is 0 Å². The second kappa shape index (κ2) is 5.71. The van der Waals surface area contributed by atoms with Crippen molar-refractivity contribution in [2.75, 3.05) is 26.7 Å². The number of guanidine groups is 1. The molecule has 1 aliphatic carbocycles. The summed E-state index contributed by atoms with van der Waals surface area (Å²) < 4.78 is 0. The molecule has 17 heavy (non-hydrogen) atoms. The molecule has 0 spiro atoms. The van der Waals surface area contributed by atoms with Crippen molar-refractivity contribution in [3.63, 3.8) is 0 Å². The molecular weight excluding hydrogens is 212 g/mol. The SMILES string of the molecule is CC1CN(C(N)=NC2CCCCC2)CCN1C. The van der Waals surface area contributed by atoms with E-state index in [1.807, 2.05) is 0 Å². The number of nitrogens with zero attached hydrogens (tertiary/aromatic N) is 3. The zero-order valence-corrected chi connectivity index (χ0v) is 11.2. The zero-order chi connectivity index (χ0) is 12.3. The van der Waals surface area contributed by atoms with Crippen LogP contribution in [-0.2, 0) is 0 Å². The molecule has 0 aromatic heterocycles. The van der Waals surface area contributed by atoms with Gasteiger partial charge in [0.15, 0.2) is 5.96 Å². The molecule has 0 aromatic carbocycles. The molecule has 1 unspecified atom stereocenters. The Labute approximate surface area is 105 Å². The first-order chi connectivity index (χ1) is 8.16. The Balaban J connectivity index is 1.90. The van der Waals surface area contributed by atoms with E-state index in [9.17, 15) is 0 Å². The number of hydrogen-bond acceptors (Lipinski definition) is 2. The quantitative estimate of drug-likeness (QED) is 0.553. The van der Waals surface area contributed by atoms with Crippen molar-refractivity contribution in [3.8, 4) is 0 Å². The van der Waals surface area contributed by atoms with Crippen LogP contribution in [0.5, 0.6) is 0 Å². The topological polar surface area (TPSA) is 44.9 Å². The molecular formula is C13H26N4. The van der Waals surface area contributed by atoms with Crippen LogP contribution in [0.4, 0.5) is 0 Å². The van der Waals surface area contributed by atoms with Gasteiger partial charge in [0.25, 0.3) is 0 Å². The van der Waals surface area contributed by atoms with Gasteiger partial charge in [-0.05, 0) is 26.8 Å². The molecule has 1 saturated heterocycles. The number of nitrogens with two attached hydrogens (primary N) is 1. The van der Waals surface area contributed by atoms with E-state index in [1.165, 1.54) is 32.1 Å². The highest BCUT2D eigenvalue weighted by Gasteiger charge is 2.22. The van der Waals surface area contributed by atoms with E-state index in [-0.39, 0.29) is 0 Å². The first-order valence-corrected chi connectivity index (χ1v) is 6.95. The molecule has 1 heterocycles. The highest BCUT2D eigenvalue weighted by molar-refractivity contribution is 5.78. The van der Waals surface area contributed by atoms with Crippen molar-refractivity contribution in [3.05, 3.63) is 0 Å². The van der Waals surface area contributed by atoms with Crippen LogP contribution in [0.1, 0.15) is 39.0 Å². The van der Waals surface area contributed by atoms with Crippen molar-refractivity contribution in [2.24, 2.45) is 10.7 Å². The second-order valence-corrected chi connectivity index (χ2v) is 5.55. The van der Waals surface area contributed by atoms with Gasteiger partial charge in [0.1, 0.15) is 0 Å². The summed E-state index contributed by atoms with van der Waals surface area (Å²) >= 11 is 0. The third kappa shape index (κ3) is 3.35. The van der Waals surface area contributed by atoms with Gasteiger partial charge in [0, 0.05) is 25.7 Å². The summed E-state index contributed by atoms with van der Waals surface area (Å²) in [6.45, 7) is 5.36. The molecule has 1 saturated carbocycles. The Bertz CT molecular complexity index is 271. The molecule has 0 aromatic rings. The van der Waals surface area contributed by atoms with E-state index in [0.29, 0.717) is 12.1 Å². The molecule has 0 amide bonds. The van der Waals surface area contributed by atoms with E-state index in [0.717, 1.165) is 25.6 Å². The van der Waals surface area contributed by atoms with Gasteiger partial charge in [0.05, 0.1) is 6.04 Å². The fraction of sp³-hybridized carbons (Fsp3) is 0.923. The fourth-order valence-corrected chi connectivity index (χ4v) is 2.74. The Hall–Kier alpha value is -0.770. The average Bonchev–Trinajstić information content (AvgIpc) is 2.34. The molecule has 2 fully saturated rings. The third-order valence-corrected chi connectivity index (χ3v) is 4.17. The molecule has 1 atom stereocenters. The van der Waals surface area contributed by atoms with Crippen molar-refractivity contribution < 1.29 is 0 Å². The van der Waals surface area contributed by atoms with Crippen LogP contribution < -0.4 is 5.73 Å². The van der Waals surface area contributed by atoms with Crippen LogP contribution in [0.15, 0.2) is 4.99 Å². The normalized spacial score (nSPS) is 29.6. The smallest absolute Gasteiger partial charge is 0.191 e. The van der Waals surface area contributed by atoms with Crippen molar-refractivity contribution in [2.45, 2.75) is 51.1 Å². The minimum atomic E-state index is 0.485. The summed E-state index contributed by atoms with van der Waals surface area (Å²) in [4.78, 5) is 9.35. The second-order valence-electron chi connectivity index (χ2n) is 5.55. The van der Waals surface area contributed by atoms with E-state index in [2.05, 4.69) is 23.8 Å². The van der Waals surface area contributed by atoms with Gasteiger partial charge in [0.2, 0.25) is 0 Å². The van der Waals surface area contributed by atoms with Crippen LogP contribution >= 0.6 is 0 Å². The number of likely N-dealkylation sites (N-methyl/N-ethyl adjacent to an activating group) is 1. The molecule has 0 bridgehead atoms. The van der Waals surface area contributed by atoms with Crippen molar-refractivity contribution in [1.82, 2.24) is 9.80 Å². The van der Waals surface area contributed by atoms with E-state index in [1.54, 1.807) is 0 Å². The number of rotatable bonds is 1. The largest absolute Gasteiger partial charge is 0.370 e. The summed E-state index contributed by atoms with van der Waals surface area (Å²) in [7, 11) is 2.18. The number of aliphatic imine (C=N–C) groups is 1. The highest BCUT2D eigenvalue weighted by Crippen LogP contribution is 2.20. The number of piperazine rings is 1. The zero-order valence-electron chi connectivity index (χ0n) is 11.2. The number of hydrogen-bond donors (Lipinski definition) is 1. The molecule has 98 valence electrons. The average molecular weight is 238 g/mol. The minimum Gasteiger partial charge on any atom is -0.370 e. The van der Waals surface area contributed by atoms with Crippen LogP contribution in [0.2, 0.25) is 0 Å². The lowest BCUT2D eigenvalue weighted by atomic mass is 9.96. The van der Waals surface area contributed by atoms with Gasteiger partial charge in [-0.1, -0.05) is 19.3 Å². The van der Waals surface area contributed by atoms with Crippen molar-refractivity contribution >= 4 is 5.96 Å². The molecule has 2 N–H and O–H groups in total. The van der Waals surface area contributed by atoms with Gasteiger partial charge in [-0.25, -0.2) is 4.99 Å². The van der Waals surface area contributed by atoms with E-state index < -0.39 is 0 Å². The molecule has 0 radical (unpaired) electrons. The maximum atomic E-state index is 6.14. The molecule has 2 aliphatic rings. The van der Waals surface area contributed by atoms with Gasteiger partial charge in [-0.3, -0.25) is 0 Å². The summed E-state index contributed by atoms with van der Waals surface area (Å²) in [6, 6.07) is 1.06. The lowest BCUT2D eigenvalue weighted by Gasteiger charge is -2.38. The summed E-state index contributed by atoms with van der Waals surface area (Å²) in [5, 5.41) is 0. The first kappa shape index (κ1) is 12.7. The highest BCUT2D eigenvalue weighted by atomic mass is 15.3. The monoisotopic (exact) mass is 238 g/mol. The Morgan fingerprint density at radius 1 is 1.18 bits per heavy atom. The predicted molar refractivity (Wildman–Crippen MR) is 72.2 cm³/mol. The molecule has 1 aliphatic heterocycles. The molecule has 4 nitrogen and oxygen atoms in total. The Morgan fingerprint density at radius 3 is 2.53 bits per heavy atom. The van der Waals surface area contributed by atoms with Gasteiger partial charge in [-0.15, -0.1) is 0 Å². The van der Waals surface area contributed by atoms with Gasteiger partial charge in [-0.2, -0.15) is 0 Å². The van der Waals surface area contributed by atoms with Crippen LogP contribution in [-0.4, -0.2) is 54.5 Å². The first-order valence-electron chi connectivity index (χ1n) is 6.95. The summed E-state index contributed by atoms with van der Waals surface area (Å²) in [5.74, 6) is 0.775. The predicted octanol–water partition coefficient (Wildman–Crippen LogP) is 1.27. The third-order valence-electron chi connectivity index (χ3n) is 4.17. The Morgan fingerprint density at radius 2 is 1.88 bits per heavy atom. The lowest BCUT2D eigenvalue weighted by Crippen LogP contribution is -2.54.